The van der Waals surface area contributed by atoms with Gasteiger partial charge < -0.3 is 9.64 Å². The summed E-state index contributed by atoms with van der Waals surface area (Å²) in [5, 5.41) is 4.66. The number of hydrogen-bond donors (Lipinski definition) is 0. The predicted octanol–water partition coefficient (Wildman–Crippen LogP) is 4.10. The van der Waals surface area contributed by atoms with E-state index in [1.54, 1.807) is 24.4 Å². The van der Waals surface area contributed by atoms with E-state index in [1.165, 1.54) is 6.07 Å². The van der Waals surface area contributed by atoms with Gasteiger partial charge >= 0.3 is 6.36 Å². The van der Waals surface area contributed by atoms with E-state index in [0.717, 1.165) is 49.1 Å². The summed E-state index contributed by atoms with van der Waals surface area (Å²) in [5.74, 6) is 0.634. The fourth-order valence-electron chi connectivity index (χ4n) is 4.02. The Kier molecular flexibility index (Phi) is 5.86. The van der Waals surface area contributed by atoms with Crippen LogP contribution < -0.4 is 9.64 Å². The fourth-order valence-corrected chi connectivity index (χ4v) is 4.02. The smallest absolute Gasteiger partial charge is 0.405 e. The van der Waals surface area contributed by atoms with Crippen LogP contribution >= 0.6 is 0 Å². The summed E-state index contributed by atoms with van der Waals surface area (Å²) in [6.07, 6.45) is -2.96. The van der Waals surface area contributed by atoms with Crippen molar-refractivity contribution in [1.82, 2.24) is 19.7 Å². The minimum Gasteiger partial charge on any atom is -0.405 e. The third kappa shape index (κ3) is 4.82. The molecule has 4 rings (SSSR count). The van der Waals surface area contributed by atoms with Crippen LogP contribution in [0.3, 0.4) is 0 Å². The highest BCUT2D eigenvalue weighted by Gasteiger charge is 2.32. The van der Waals surface area contributed by atoms with Crippen LogP contribution in [-0.2, 0) is 6.54 Å². The molecule has 9 heteroatoms. The van der Waals surface area contributed by atoms with Gasteiger partial charge in [0.05, 0.1) is 17.1 Å². The summed E-state index contributed by atoms with van der Waals surface area (Å²) in [4.78, 5) is 8.81. The number of nitrogens with zero attached hydrogens (tertiary/aromatic N) is 5. The zero-order chi connectivity index (χ0) is 22.0. The van der Waals surface area contributed by atoms with Gasteiger partial charge in [-0.25, -0.2) is 9.67 Å². The maximum atomic E-state index is 12.7. The van der Waals surface area contributed by atoms with Crippen LogP contribution in [0.4, 0.5) is 18.9 Å². The number of halogens is 3. The van der Waals surface area contributed by atoms with Gasteiger partial charge in [-0.15, -0.1) is 13.2 Å². The largest absolute Gasteiger partial charge is 0.573 e. The first-order valence-corrected chi connectivity index (χ1v) is 10.1. The highest BCUT2D eigenvalue weighted by atomic mass is 19.4. The summed E-state index contributed by atoms with van der Waals surface area (Å²) < 4.78 is 44.1. The molecule has 1 aliphatic rings. The predicted molar refractivity (Wildman–Crippen MR) is 111 cm³/mol. The number of aryl methyl sites for hydroxylation is 1. The van der Waals surface area contributed by atoms with Crippen LogP contribution in [0.5, 0.6) is 5.75 Å². The molecule has 1 aromatic carbocycles. The summed E-state index contributed by atoms with van der Waals surface area (Å²) in [6.45, 7) is 7.41. The second-order valence-electron chi connectivity index (χ2n) is 7.54. The first-order valence-electron chi connectivity index (χ1n) is 10.1. The van der Waals surface area contributed by atoms with Gasteiger partial charge in [-0.2, -0.15) is 5.10 Å². The Morgan fingerprint density at radius 3 is 2.35 bits per heavy atom. The Bertz CT molecular complexity index is 1030. The monoisotopic (exact) mass is 431 g/mol. The van der Waals surface area contributed by atoms with Crippen LogP contribution in [0.2, 0.25) is 0 Å². The number of hydrogen-bond acceptors (Lipinski definition) is 5. The van der Waals surface area contributed by atoms with E-state index in [0.29, 0.717) is 12.1 Å². The van der Waals surface area contributed by atoms with Crippen molar-refractivity contribution in [3.8, 4) is 11.6 Å². The fraction of sp³-hybridized carbons (Fsp3) is 0.364. The lowest BCUT2D eigenvalue weighted by Gasteiger charge is -2.36. The quantitative estimate of drug-likeness (QED) is 0.609. The highest BCUT2D eigenvalue weighted by molar-refractivity contribution is 5.56. The number of pyridine rings is 1. The Morgan fingerprint density at radius 2 is 1.68 bits per heavy atom. The summed E-state index contributed by atoms with van der Waals surface area (Å²) >= 11 is 0. The number of ether oxygens (including phenoxy) is 1. The number of benzene rings is 1. The molecule has 0 saturated carbocycles. The summed E-state index contributed by atoms with van der Waals surface area (Å²) in [6, 6.07) is 12.0. The molecule has 0 aliphatic carbocycles. The number of alkyl halides is 3. The minimum absolute atomic E-state index is 0.138. The van der Waals surface area contributed by atoms with Gasteiger partial charge in [-0.05, 0) is 32.0 Å². The van der Waals surface area contributed by atoms with Gasteiger partial charge in [0.2, 0.25) is 0 Å². The van der Waals surface area contributed by atoms with Crippen molar-refractivity contribution in [1.29, 1.82) is 0 Å². The van der Waals surface area contributed by atoms with E-state index >= 15 is 0 Å². The van der Waals surface area contributed by atoms with E-state index in [-0.39, 0.29) is 5.75 Å². The van der Waals surface area contributed by atoms with Crippen molar-refractivity contribution in [2.24, 2.45) is 0 Å². The van der Waals surface area contributed by atoms with Crippen molar-refractivity contribution in [3.05, 3.63) is 65.6 Å². The number of piperazine rings is 1. The number of para-hydroxylation sites is 1. The molecule has 1 aliphatic heterocycles. The Labute approximate surface area is 178 Å². The molecule has 0 atom stereocenters. The molecule has 1 fully saturated rings. The average molecular weight is 431 g/mol. The van der Waals surface area contributed by atoms with Gasteiger partial charge in [-0.3, -0.25) is 4.90 Å². The maximum Gasteiger partial charge on any atom is 0.573 e. The molecule has 0 bridgehead atoms. The number of anilines is 1. The Hall–Kier alpha value is -3.07. The molecule has 1 saturated heterocycles. The molecule has 164 valence electrons. The lowest BCUT2D eigenvalue weighted by Crippen LogP contribution is -2.46. The molecule has 3 aromatic rings. The van der Waals surface area contributed by atoms with Gasteiger partial charge in [0.25, 0.3) is 0 Å². The van der Waals surface area contributed by atoms with Gasteiger partial charge in [0.15, 0.2) is 5.82 Å². The van der Waals surface area contributed by atoms with Crippen LogP contribution in [0.1, 0.15) is 17.0 Å². The molecular weight excluding hydrogens is 407 g/mol. The third-order valence-corrected chi connectivity index (χ3v) is 5.40. The second-order valence-corrected chi connectivity index (χ2v) is 7.54. The molecule has 0 N–H and O–H groups in total. The first kappa shape index (κ1) is 21.2. The van der Waals surface area contributed by atoms with Crippen molar-refractivity contribution in [3.63, 3.8) is 0 Å². The Balaban J connectivity index is 1.44. The van der Waals surface area contributed by atoms with Gasteiger partial charge in [-0.1, -0.05) is 24.3 Å². The molecule has 0 amide bonds. The average Bonchev–Trinajstić information content (AvgIpc) is 3.04. The van der Waals surface area contributed by atoms with E-state index in [2.05, 4.69) is 24.6 Å². The van der Waals surface area contributed by atoms with Crippen molar-refractivity contribution >= 4 is 5.69 Å². The standard InChI is InChI=1S/C22H24F3N5O/c1-16-21(17(2)30(27-16)20-9-5-6-10-26-20)29-13-11-28(12-14-29)15-18-7-3-4-8-19(18)31-22(23,24)25/h3-10H,11-15H2,1-2H3. The van der Waals surface area contributed by atoms with Crippen molar-refractivity contribution in [2.75, 3.05) is 31.1 Å². The molecule has 0 radical (unpaired) electrons. The van der Waals surface area contributed by atoms with Crippen molar-refractivity contribution < 1.29 is 17.9 Å². The van der Waals surface area contributed by atoms with Crippen LogP contribution in [-0.4, -0.2) is 52.2 Å². The number of aromatic nitrogens is 3. The third-order valence-electron chi connectivity index (χ3n) is 5.40. The van der Waals surface area contributed by atoms with Crippen LogP contribution in [0.15, 0.2) is 48.7 Å². The SMILES string of the molecule is Cc1nn(-c2ccccn2)c(C)c1N1CCN(Cc2ccccc2OC(F)(F)F)CC1. The maximum absolute atomic E-state index is 12.7. The van der Waals surface area contributed by atoms with Crippen LogP contribution in [0.25, 0.3) is 5.82 Å². The van der Waals surface area contributed by atoms with Crippen molar-refractivity contribution in [2.45, 2.75) is 26.8 Å². The molecule has 0 unspecified atom stereocenters. The molecule has 3 heterocycles. The molecule has 31 heavy (non-hydrogen) atoms. The topological polar surface area (TPSA) is 46.4 Å². The van der Waals surface area contributed by atoms with E-state index < -0.39 is 6.36 Å². The number of rotatable bonds is 5. The minimum atomic E-state index is -4.70. The molecule has 2 aromatic heterocycles. The molecular formula is C22H24F3N5O. The summed E-state index contributed by atoms with van der Waals surface area (Å²) in [7, 11) is 0. The lowest BCUT2D eigenvalue weighted by molar-refractivity contribution is -0.275. The zero-order valence-corrected chi connectivity index (χ0v) is 17.4. The summed E-state index contributed by atoms with van der Waals surface area (Å²) in [5.41, 5.74) is 3.57. The zero-order valence-electron chi connectivity index (χ0n) is 17.4. The Morgan fingerprint density at radius 1 is 0.968 bits per heavy atom. The molecule has 0 spiro atoms. The molecule has 6 nitrogen and oxygen atoms in total. The van der Waals surface area contributed by atoms with E-state index in [9.17, 15) is 13.2 Å². The normalized spacial score (nSPS) is 15.3. The van der Waals surface area contributed by atoms with Crippen LogP contribution in [0, 0.1) is 13.8 Å². The first-order chi connectivity index (χ1) is 14.8. The van der Waals surface area contributed by atoms with Gasteiger partial charge in [0, 0.05) is 44.5 Å². The second kappa shape index (κ2) is 8.58. The highest BCUT2D eigenvalue weighted by Crippen LogP contribution is 2.29. The van der Waals surface area contributed by atoms with Gasteiger partial charge in [0.1, 0.15) is 5.75 Å². The van der Waals surface area contributed by atoms with E-state index in [1.807, 2.05) is 36.7 Å². The lowest BCUT2D eigenvalue weighted by atomic mass is 10.1. The van der Waals surface area contributed by atoms with E-state index in [4.69, 9.17) is 0 Å².